The third-order valence-electron chi connectivity index (χ3n) is 4.06. The van der Waals surface area contributed by atoms with E-state index in [9.17, 15) is 15.5 Å². The summed E-state index contributed by atoms with van der Waals surface area (Å²) in [6, 6.07) is 19.4. The molecule has 27 heavy (non-hydrogen) atoms. The van der Waals surface area contributed by atoms with Crippen LogP contribution in [-0.2, 0) is 0 Å². The number of nitrogens with zero attached hydrogens (tertiary/aromatic N) is 2. The van der Waals surface area contributed by atoms with Gasteiger partial charge < -0.3 is 10.2 Å². The Kier molecular flexibility index (Phi) is 5.87. The first-order valence-corrected chi connectivity index (χ1v) is 9.03. The van der Waals surface area contributed by atoms with E-state index in [1.807, 2.05) is 0 Å². The Morgan fingerprint density at radius 2 is 1.70 bits per heavy atom. The molecule has 2 unspecified atom stereocenters. The lowest BCUT2D eigenvalue weighted by Crippen LogP contribution is -2.08. The van der Waals surface area contributed by atoms with Crippen LogP contribution in [0.2, 0.25) is 0 Å². The Bertz CT molecular complexity index is 986. The van der Waals surface area contributed by atoms with Crippen molar-refractivity contribution in [2.24, 2.45) is 0 Å². The number of nitriles is 1. The van der Waals surface area contributed by atoms with Crippen molar-refractivity contribution in [3.63, 3.8) is 0 Å². The smallest absolute Gasteiger partial charge is 0.129 e. The van der Waals surface area contributed by atoms with Crippen molar-refractivity contribution in [2.45, 2.75) is 16.9 Å². The summed E-state index contributed by atoms with van der Waals surface area (Å²) in [6.07, 6.45) is 2.38. The molecule has 6 heteroatoms. The molecule has 0 amide bonds. The van der Waals surface area contributed by atoms with Crippen molar-refractivity contribution in [1.29, 1.82) is 10.7 Å². The lowest BCUT2D eigenvalue weighted by molar-refractivity contribution is 0.220. The zero-order valence-electron chi connectivity index (χ0n) is 14.3. The van der Waals surface area contributed by atoms with Crippen LogP contribution in [0.3, 0.4) is 0 Å². The molecule has 2 aromatic carbocycles. The zero-order valence-corrected chi connectivity index (χ0v) is 15.1. The van der Waals surface area contributed by atoms with Gasteiger partial charge >= 0.3 is 0 Å². The van der Waals surface area contributed by atoms with Gasteiger partial charge in [-0.15, -0.1) is 0 Å². The van der Waals surface area contributed by atoms with Gasteiger partial charge in [0.2, 0.25) is 0 Å². The average molecular weight is 375 g/mol. The molecule has 0 spiro atoms. The average Bonchev–Trinajstić information content (AvgIpc) is 2.70. The number of thioether (sulfide) groups is 1. The fraction of sp³-hybridized carbons (Fsp3) is 0.0952. The fourth-order valence-electron chi connectivity index (χ4n) is 2.65. The normalized spacial score (nSPS) is 12.7. The minimum atomic E-state index is -0.840. The molecular formula is C21H17N3O2S. The molecule has 0 saturated carbocycles. The molecule has 2 atom stereocenters. The van der Waals surface area contributed by atoms with Crippen molar-refractivity contribution in [3.05, 3.63) is 89.7 Å². The summed E-state index contributed by atoms with van der Waals surface area (Å²) >= 11 is 1.05. The third kappa shape index (κ3) is 4.34. The maximum atomic E-state index is 10.6. The summed E-state index contributed by atoms with van der Waals surface area (Å²) in [5.41, 5.74) is 1.96. The quantitative estimate of drug-likeness (QED) is 0.352. The summed E-state index contributed by atoms with van der Waals surface area (Å²) in [5, 5.41) is 38.5. The molecule has 1 heterocycles. The number of aromatic nitrogens is 1. The molecule has 1 aromatic heterocycles. The van der Waals surface area contributed by atoms with Crippen LogP contribution >= 0.6 is 11.8 Å². The highest BCUT2D eigenvalue weighted by Crippen LogP contribution is 2.34. The number of benzene rings is 2. The molecule has 0 fully saturated rings. The summed E-state index contributed by atoms with van der Waals surface area (Å²) in [7, 11) is 0. The predicted molar refractivity (Wildman–Crippen MR) is 105 cm³/mol. The number of hydrogen-bond donors (Lipinski definition) is 3. The number of pyridine rings is 1. The number of phenolic OH excluding ortho intramolecular Hbond substituents is 1. The SMILES string of the molecule is N#CC(C(=N)Sc1ccccc1O)c1cccc(C(O)c2ccncc2)c1. The van der Waals surface area contributed by atoms with E-state index >= 15 is 0 Å². The highest BCUT2D eigenvalue weighted by molar-refractivity contribution is 8.14. The van der Waals surface area contributed by atoms with E-state index in [2.05, 4.69) is 11.1 Å². The largest absolute Gasteiger partial charge is 0.507 e. The van der Waals surface area contributed by atoms with Gasteiger partial charge in [-0.05, 0) is 41.0 Å². The van der Waals surface area contributed by atoms with E-state index in [1.165, 1.54) is 0 Å². The van der Waals surface area contributed by atoms with Gasteiger partial charge in [-0.3, -0.25) is 10.4 Å². The minimum absolute atomic E-state index is 0.0748. The number of nitrogens with one attached hydrogen (secondary N) is 1. The lowest BCUT2D eigenvalue weighted by atomic mass is 9.95. The van der Waals surface area contributed by atoms with E-state index in [-0.39, 0.29) is 10.8 Å². The number of para-hydroxylation sites is 1. The Hall–Kier alpha value is -3.14. The molecule has 0 saturated heterocycles. The lowest BCUT2D eigenvalue weighted by Gasteiger charge is -2.15. The second-order valence-electron chi connectivity index (χ2n) is 5.85. The van der Waals surface area contributed by atoms with E-state index in [1.54, 1.807) is 73.1 Å². The molecule has 5 nitrogen and oxygen atoms in total. The predicted octanol–water partition coefficient (Wildman–Crippen LogP) is 4.25. The van der Waals surface area contributed by atoms with Crippen molar-refractivity contribution >= 4 is 16.8 Å². The highest BCUT2D eigenvalue weighted by atomic mass is 32.2. The van der Waals surface area contributed by atoms with Gasteiger partial charge in [-0.1, -0.05) is 48.2 Å². The van der Waals surface area contributed by atoms with Gasteiger partial charge in [0, 0.05) is 12.4 Å². The zero-order chi connectivity index (χ0) is 19.2. The van der Waals surface area contributed by atoms with Crippen LogP contribution in [-0.4, -0.2) is 20.2 Å². The van der Waals surface area contributed by atoms with Gasteiger partial charge in [0.15, 0.2) is 0 Å². The van der Waals surface area contributed by atoms with E-state index in [4.69, 9.17) is 5.41 Å². The molecule has 0 aliphatic carbocycles. The number of aromatic hydroxyl groups is 1. The van der Waals surface area contributed by atoms with Gasteiger partial charge in [-0.2, -0.15) is 5.26 Å². The number of phenols is 1. The van der Waals surface area contributed by atoms with Crippen molar-refractivity contribution in [1.82, 2.24) is 4.98 Å². The first-order chi connectivity index (χ1) is 13.1. The van der Waals surface area contributed by atoms with Crippen LogP contribution in [0.15, 0.2) is 78.0 Å². The second kappa shape index (κ2) is 8.49. The van der Waals surface area contributed by atoms with Gasteiger partial charge in [0.25, 0.3) is 0 Å². The van der Waals surface area contributed by atoms with Crippen molar-refractivity contribution in [3.8, 4) is 11.8 Å². The summed E-state index contributed by atoms with van der Waals surface area (Å²) < 4.78 is 0. The monoisotopic (exact) mass is 375 g/mol. The maximum absolute atomic E-state index is 10.6. The summed E-state index contributed by atoms with van der Waals surface area (Å²) in [6.45, 7) is 0. The maximum Gasteiger partial charge on any atom is 0.129 e. The number of aliphatic hydroxyl groups excluding tert-OH is 1. The van der Waals surface area contributed by atoms with Crippen LogP contribution in [0, 0.1) is 16.7 Å². The van der Waals surface area contributed by atoms with Gasteiger partial charge in [-0.25, -0.2) is 0 Å². The molecule has 3 N–H and O–H groups in total. The Labute approximate surface area is 161 Å². The molecule has 0 radical (unpaired) electrons. The number of aliphatic hydroxyl groups is 1. The van der Waals surface area contributed by atoms with Crippen LogP contribution < -0.4 is 0 Å². The molecule has 0 aliphatic rings. The van der Waals surface area contributed by atoms with E-state index < -0.39 is 12.0 Å². The molecule has 0 aliphatic heterocycles. The van der Waals surface area contributed by atoms with Crippen LogP contribution in [0.1, 0.15) is 28.7 Å². The Morgan fingerprint density at radius 3 is 2.41 bits per heavy atom. The van der Waals surface area contributed by atoms with Crippen molar-refractivity contribution in [2.75, 3.05) is 0 Å². The minimum Gasteiger partial charge on any atom is -0.507 e. The molecular weight excluding hydrogens is 358 g/mol. The summed E-state index contributed by atoms with van der Waals surface area (Å²) in [4.78, 5) is 4.47. The highest BCUT2D eigenvalue weighted by Gasteiger charge is 2.20. The van der Waals surface area contributed by atoms with Crippen LogP contribution in [0.25, 0.3) is 0 Å². The van der Waals surface area contributed by atoms with Crippen LogP contribution in [0.5, 0.6) is 5.75 Å². The van der Waals surface area contributed by atoms with E-state index in [0.29, 0.717) is 21.6 Å². The first-order valence-electron chi connectivity index (χ1n) is 8.22. The Morgan fingerprint density at radius 1 is 1.00 bits per heavy atom. The third-order valence-corrected chi connectivity index (χ3v) is 5.08. The standard InChI is InChI=1S/C21H17N3O2S/c22-13-17(21(23)27-19-7-2-1-6-18(19)25)15-4-3-5-16(12-15)20(26)14-8-10-24-11-9-14/h1-12,17,20,23,25-26H. The fourth-order valence-corrected chi connectivity index (χ4v) is 3.52. The first kappa shape index (κ1) is 18.6. The van der Waals surface area contributed by atoms with Crippen molar-refractivity contribution < 1.29 is 10.2 Å². The topological polar surface area (TPSA) is 101 Å². The van der Waals surface area contributed by atoms with Crippen LogP contribution in [0.4, 0.5) is 0 Å². The van der Waals surface area contributed by atoms with Gasteiger partial charge in [0.05, 0.1) is 16.0 Å². The van der Waals surface area contributed by atoms with Gasteiger partial charge in [0.1, 0.15) is 17.8 Å². The molecule has 3 aromatic rings. The molecule has 134 valence electrons. The molecule has 3 rings (SSSR count). The number of hydrogen-bond acceptors (Lipinski definition) is 6. The summed E-state index contributed by atoms with van der Waals surface area (Å²) in [5.74, 6) is -0.718. The Balaban J connectivity index is 1.85. The number of rotatable bonds is 5. The van der Waals surface area contributed by atoms with E-state index in [0.717, 1.165) is 11.8 Å². The second-order valence-corrected chi connectivity index (χ2v) is 6.93. The molecule has 0 bridgehead atoms.